The van der Waals surface area contributed by atoms with Crippen LogP contribution in [0.4, 0.5) is 5.69 Å². The van der Waals surface area contributed by atoms with Gasteiger partial charge < -0.3 is 9.88 Å². The van der Waals surface area contributed by atoms with E-state index in [9.17, 15) is 4.79 Å². The number of rotatable bonds is 3. The number of benzene rings is 2. The molecule has 0 atom stereocenters. The molecule has 4 rings (SSSR count). The zero-order chi connectivity index (χ0) is 18.1. The lowest BCUT2D eigenvalue weighted by molar-refractivity contribution is 0.102. The summed E-state index contributed by atoms with van der Waals surface area (Å²) in [6.45, 7) is 0. The smallest absolute Gasteiger partial charge is 0.257 e. The van der Waals surface area contributed by atoms with Crippen molar-refractivity contribution in [2.45, 2.75) is 0 Å². The molecule has 128 valence electrons. The highest BCUT2D eigenvalue weighted by Gasteiger charge is 2.10. The Kier molecular flexibility index (Phi) is 4.26. The normalized spacial score (nSPS) is 10.8. The van der Waals surface area contributed by atoms with Crippen LogP contribution in [0.3, 0.4) is 0 Å². The molecule has 0 spiro atoms. The average molecular weight is 407 g/mol. The molecule has 0 bridgehead atoms. The van der Waals surface area contributed by atoms with E-state index in [0.717, 1.165) is 32.6 Å². The molecule has 1 N–H and O–H groups in total. The third kappa shape index (κ3) is 3.11. The Balaban J connectivity index is 1.58. The van der Waals surface area contributed by atoms with Gasteiger partial charge in [-0.25, -0.2) is 4.98 Å². The molecule has 26 heavy (non-hydrogen) atoms. The van der Waals surface area contributed by atoms with E-state index in [1.165, 1.54) is 6.20 Å². The van der Waals surface area contributed by atoms with Gasteiger partial charge in [-0.3, -0.25) is 9.78 Å². The first-order valence-electron chi connectivity index (χ1n) is 8.05. The minimum Gasteiger partial charge on any atom is -0.327 e. The van der Waals surface area contributed by atoms with Crippen molar-refractivity contribution in [1.29, 1.82) is 0 Å². The van der Waals surface area contributed by atoms with Gasteiger partial charge in [0.1, 0.15) is 5.82 Å². The quantitative estimate of drug-likeness (QED) is 0.538. The van der Waals surface area contributed by atoms with Crippen molar-refractivity contribution in [3.8, 4) is 11.4 Å². The molecular weight excluding hydrogens is 392 g/mol. The number of aryl methyl sites for hydroxylation is 1. The SMILES string of the molecule is Cn1c(-c2ccc(NC(=O)c3cncc(Br)c3)cc2)nc2ccccc21. The number of para-hydroxylation sites is 2. The van der Waals surface area contributed by atoms with Crippen LogP contribution in [0.25, 0.3) is 22.4 Å². The largest absolute Gasteiger partial charge is 0.327 e. The molecule has 0 saturated carbocycles. The number of halogens is 1. The minimum atomic E-state index is -0.200. The Morgan fingerprint density at radius 2 is 1.85 bits per heavy atom. The lowest BCUT2D eigenvalue weighted by atomic mass is 10.2. The predicted octanol–water partition coefficient (Wildman–Crippen LogP) is 4.65. The van der Waals surface area contributed by atoms with E-state index in [4.69, 9.17) is 4.98 Å². The second kappa shape index (κ2) is 6.72. The Morgan fingerprint density at radius 1 is 1.08 bits per heavy atom. The average Bonchev–Trinajstić information content (AvgIpc) is 2.99. The van der Waals surface area contributed by atoms with Crippen LogP contribution in [0.2, 0.25) is 0 Å². The molecule has 5 nitrogen and oxygen atoms in total. The summed E-state index contributed by atoms with van der Waals surface area (Å²) < 4.78 is 2.83. The van der Waals surface area contributed by atoms with Gasteiger partial charge in [-0.15, -0.1) is 0 Å². The molecule has 0 saturated heterocycles. The molecule has 6 heteroatoms. The number of pyridine rings is 1. The van der Waals surface area contributed by atoms with Crippen LogP contribution in [-0.2, 0) is 7.05 Å². The second-order valence-corrected chi connectivity index (χ2v) is 6.82. The van der Waals surface area contributed by atoms with Gasteiger partial charge in [-0.2, -0.15) is 0 Å². The lowest BCUT2D eigenvalue weighted by Crippen LogP contribution is -2.12. The molecule has 0 unspecified atom stereocenters. The molecular formula is C20H15BrN4O. The van der Waals surface area contributed by atoms with Gasteiger partial charge in [0, 0.05) is 35.2 Å². The fourth-order valence-electron chi connectivity index (χ4n) is 2.85. The van der Waals surface area contributed by atoms with Gasteiger partial charge in [0.2, 0.25) is 0 Å². The summed E-state index contributed by atoms with van der Waals surface area (Å²) in [6.07, 6.45) is 3.18. The van der Waals surface area contributed by atoms with E-state index in [1.54, 1.807) is 12.3 Å². The summed E-state index contributed by atoms with van der Waals surface area (Å²) >= 11 is 3.32. The molecule has 4 aromatic rings. The van der Waals surface area contributed by atoms with Gasteiger partial charge in [-0.1, -0.05) is 12.1 Å². The summed E-state index contributed by atoms with van der Waals surface area (Å²) in [5, 5.41) is 2.88. The van der Waals surface area contributed by atoms with Crippen molar-refractivity contribution in [3.63, 3.8) is 0 Å². The summed E-state index contributed by atoms with van der Waals surface area (Å²) in [4.78, 5) is 21.0. The standard InChI is InChI=1S/C20H15BrN4O/c1-25-18-5-3-2-4-17(18)24-19(25)13-6-8-16(9-7-13)23-20(26)14-10-15(21)12-22-11-14/h2-12H,1H3,(H,23,26). The maximum absolute atomic E-state index is 12.3. The van der Waals surface area contributed by atoms with Crippen molar-refractivity contribution in [3.05, 3.63) is 77.0 Å². The molecule has 0 radical (unpaired) electrons. The molecule has 0 aliphatic rings. The number of imidazole rings is 1. The van der Waals surface area contributed by atoms with Crippen LogP contribution in [0.5, 0.6) is 0 Å². The van der Waals surface area contributed by atoms with Crippen LogP contribution in [-0.4, -0.2) is 20.4 Å². The topological polar surface area (TPSA) is 59.8 Å². The van der Waals surface area contributed by atoms with Crippen LogP contribution in [0.1, 0.15) is 10.4 Å². The molecule has 1 amide bonds. The summed E-state index contributed by atoms with van der Waals surface area (Å²) in [5.41, 5.74) is 4.26. The number of anilines is 1. The third-order valence-electron chi connectivity index (χ3n) is 4.16. The van der Waals surface area contributed by atoms with Crippen LogP contribution in [0, 0.1) is 0 Å². The van der Waals surface area contributed by atoms with Crippen LogP contribution >= 0.6 is 15.9 Å². The maximum Gasteiger partial charge on any atom is 0.257 e. The van der Waals surface area contributed by atoms with Crippen molar-refractivity contribution < 1.29 is 4.79 Å². The van der Waals surface area contributed by atoms with Gasteiger partial charge >= 0.3 is 0 Å². The first-order chi connectivity index (χ1) is 12.6. The fourth-order valence-corrected chi connectivity index (χ4v) is 3.21. The summed E-state index contributed by atoms with van der Waals surface area (Å²) in [7, 11) is 2.00. The van der Waals surface area contributed by atoms with E-state index in [-0.39, 0.29) is 5.91 Å². The Hall–Kier alpha value is -2.99. The van der Waals surface area contributed by atoms with Crippen molar-refractivity contribution >= 4 is 38.6 Å². The predicted molar refractivity (Wildman–Crippen MR) is 106 cm³/mol. The first kappa shape index (κ1) is 16.5. The number of amides is 1. The number of carbonyl (C=O) groups excluding carboxylic acids is 1. The number of nitrogens with zero attached hydrogens (tertiary/aromatic N) is 3. The minimum absolute atomic E-state index is 0.200. The highest BCUT2D eigenvalue weighted by Crippen LogP contribution is 2.25. The van der Waals surface area contributed by atoms with Crippen molar-refractivity contribution in [1.82, 2.24) is 14.5 Å². The van der Waals surface area contributed by atoms with Gasteiger partial charge in [0.05, 0.1) is 16.6 Å². The number of carbonyl (C=O) groups is 1. The molecule has 0 fully saturated rings. The third-order valence-corrected chi connectivity index (χ3v) is 4.59. The molecule has 0 aliphatic carbocycles. The Labute approximate surface area is 158 Å². The summed E-state index contributed by atoms with van der Waals surface area (Å²) in [6, 6.07) is 17.4. The molecule has 0 aliphatic heterocycles. The number of aromatic nitrogens is 3. The van der Waals surface area contributed by atoms with E-state index in [2.05, 4.69) is 30.8 Å². The second-order valence-electron chi connectivity index (χ2n) is 5.91. The Morgan fingerprint density at radius 3 is 2.58 bits per heavy atom. The van der Waals surface area contributed by atoms with E-state index in [1.807, 2.05) is 55.6 Å². The lowest BCUT2D eigenvalue weighted by Gasteiger charge is -2.07. The number of fused-ring (bicyclic) bond motifs is 1. The van der Waals surface area contributed by atoms with Crippen LogP contribution in [0.15, 0.2) is 71.5 Å². The van der Waals surface area contributed by atoms with Gasteiger partial charge in [-0.05, 0) is 58.4 Å². The first-order valence-corrected chi connectivity index (χ1v) is 8.85. The number of hydrogen-bond donors (Lipinski definition) is 1. The monoisotopic (exact) mass is 406 g/mol. The Bertz CT molecular complexity index is 1100. The summed E-state index contributed by atoms with van der Waals surface area (Å²) in [5.74, 6) is 0.689. The zero-order valence-corrected chi connectivity index (χ0v) is 15.6. The zero-order valence-electron chi connectivity index (χ0n) is 14.0. The number of hydrogen-bond acceptors (Lipinski definition) is 3. The number of nitrogens with one attached hydrogen (secondary N) is 1. The highest BCUT2D eigenvalue weighted by atomic mass is 79.9. The molecule has 2 aromatic heterocycles. The fraction of sp³-hybridized carbons (Fsp3) is 0.0500. The van der Waals surface area contributed by atoms with Crippen molar-refractivity contribution in [2.24, 2.45) is 7.05 Å². The molecule has 2 aromatic carbocycles. The van der Waals surface area contributed by atoms with E-state index in [0.29, 0.717) is 5.56 Å². The van der Waals surface area contributed by atoms with E-state index < -0.39 is 0 Å². The van der Waals surface area contributed by atoms with E-state index >= 15 is 0 Å². The maximum atomic E-state index is 12.3. The van der Waals surface area contributed by atoms with Gasteiger partial charge in [0.25, 0.3) is 5.91 Å². The van der Waals surface area contributed by atoms with Crippen LogP contribution < -0.4 is 5.32 Å². The molecule has 2 heterocycles. The van der Waals surface area contributed by atoms with Crippen molar-refractivity contribution in [2.75, 3.05) is 5.32 Å². The van der Waals surface area contributed by atoms with Gasteiger partial charge in [0.15, 0.2) is 0 Å². The highest BCUT2D eigenvalue weighted by molar-refractivity contribution is 9.10.